The van der Waals surface area contributed by atoms with Gasteiger partial charge in [0, 0.05) is 4.88 Å². The zero-order chi connectivity index (χ0) is 15.6. The number of nitrogens with two attached hydrogens (primary N) is 1. The highest BCUT2D eigenvalue weighted by molar-refractivity contribution is 7.93. The Morgan fingerprint density at radius 1 is 1.43 bits per heavy atom. The molecule has 21 heavy (non-hydrogen) atoms. The molecule has 0 saturated heterocycles. The number of hydrogen-bond donors (Lipinski definition) is 3. The van der Waals surface area contributed by atoms with Gasteiger partial charge in [0.25, 0.3) is 10.0 Å². The molecule has 0 radical (unpaired) electrons. The van der Waals surface area contributed by atoms with Gasteiger partial charge in [-0.05, 0) is 19.1 Å². The van der Waals surface area contributed by atoms with Crippen LogP contribution in [0.5, 0.6) is 0 Å². The molecule has 2 rings (SSSR count). The van der Waals surface area contributed by atoms with Gasteiger partial charge in [-0.2, -0.15) is 0 Å². The molecule has 1 aromatic carbocycles. The molecule has 0 aliphatic heterocycles. The van der Waals surface area contributed by atoms with Crippen molar-refractivity contribution in [3.05, 3.63) is 34.8 Å². The summed E-state index contributed by atoms with van der Waals surface area (Å²) in [6.07, 6.45) is -0.196. The van der Waals surface area contributed by atoms with Gasteiger partial charge in [0.15, 0.2) is 5.13 Å². The molecule has 1 aromatic heterocycles. The van der Waals surface area contributed by atoms with Crippen molar-refractivity contribution in [1.29, 1.82) is 0 Å². The smallest absolute Gasteiger partial charge is 0.308 e. The average Bonchev–Trinajstić information content (AvgIpc) is 2.68. The van der Waals surface area contributed by atoms with Gasteiger partial charge in [-0.3, -0.25) is 9.52 Å². The van der Waals surface area contributed by atoms with Crippen molar-refractivity contribution in [2.24, 2.45) is 0 Å². The highest BCUT2D eigenvalue weighted by atomic mass is 32.2. The van der Waals surface area contributed by atoms with Crippen LogP contribution in [-0.4, -0.2) is 24.5 Å². The number of nitrogen functional groups attached to an aromatic ring is 1. The van der Waals surface area contributed by atoms with Crippen molar-refractivity contribution < 1.29 is 18.3 Å². The number of aliphatic carboxylic acids is 1. The van der Waals surface area contributed by atoms with Crippen LogP contribution >= 0.6 is 11.3 Å². The third-order valence-electron chi connectivity index (χ3n) is 2.63. The Labute approximate surface area is 125 Å². The van der Waals surface area contributed by atoms with E-state index in [0.29, 0.717) is 10.6 Å². The molecule has 0 atom stereocenters. The average molecular weight is 327 g/mol. The SMILES string of the molecule is Cc1nc(NS(=O)(=O)c2ccccc2N)sc1CC(=O)O. The lowest BCUT2D eigenvalue weighted by molar-refractivity contribution is -0.136. The minimum absolute atomic E-state index is 0.0439. The predicted molar refractivity (Wildman–Crippen MR) is 79.9 cm³/mol. The second-order valence-electron chi connectivity index (χ2n) is 4.24. The zero-order valence-electron chi connectivity index (χ0n) is 11.0. The minimum Gasteiger partial charge on any atom is -0.481 e. The summed E-state index contributed by atoms with van der Waals surface area (Å²) in [7, 11) is -3.85. The molecule has 0 bridgehead atoms. The summed E-state index contributed by atoms with van der Waals surface area (Å²) >= 11 is 0.992. The van der Waals surface area contributed by atoms with E-state index in [-0.39, 0.29) is 22.1 Å². The molecule has 0 aliphatic carbocycles. The maximum Gasteiger partial charge on any atom is 0.308 e. The van der Waals surface area contributed by atoms with Crippen LogP contribution in [0.4, 0.5) is 10.8 Å². The van der Waals surface area contributed by atoms with Crippen LogP contribution in [0.1, 0.15) is 10.6 Å². The van der Waals surface area contributed by atoms with Crippen molar-refractivity contribution in [3.8, 4) is 0 Å². The van der Waals surface area contributed by atoms with E-state index in [1.807, 2.05) is 0 Å². The molecule has 0 spiro atoms. The van der Waals surface area contributed by atoms with E-state index in [1.165, 1.54) is 12.1 Å². The normalized spacial score (nSPS) is 11.3. The van der Waals surface area contributed by atoms with Crippen molar-refractivity contribution in [2.75, 3.05) is 10.5 Å². The number of aryl methyl sites for hydroxylation is 1. The van der Waals surface area contributed by atoms with Gasteiger partial charge in [0.1, 0.15) is 4.90 Å². The number of nitrogens with zero attached hydrogens (tertiary/aromatic N) is 1. The maximum atomic E-state index is 12.2. The number of sulfonamides is 1. The van der Waals surface area contributed by atoms with Crippen LogP contribution in [0, 0.1) is 6.92 Å². The number of nitrogens with one attached hydrogen (secondary N) is 1. The largest absolute Gasteiger partial charge is 0.481 e. The summed E-state index contributed by atoms with van der Waals surface area (Å²) in [5.41, 5.74) is 6.26. The second kappa shape index (κ2) is 5.70. The second-order valence-corrected chi connectivity index (χ2v) is 6.98. The first kappa shape index (κ1) is 15.3. The number of benzene rings is 1. The molecule has 0 unspecified atom stereocenters. The Morgan fingerprint density at radius 2 is 2.10 bits per heavy atom. The van der Waals surface area contributed by atoms with E-state index in [9.17, 15) is 13.2 Å². The van der Waals surface area contributed by atoms with Gasteiger partial charge in [-0.1, -0.05) is 12.1 Å². The fraction of sp³-hybridized carbons (Fsp3) is 0.167. The molecule has 4 N–H and O–H groups in total. The van der Waals surface area contributed by atoms with Crippen LogP contribution in [0.2, 0.25) is 0 Å². The van der Waals surface area contributed by atoms with Crippen molar-refractivity contribution >= 4 is 38.1 Å². The number of para-hydroxylation sites is 1. The zero-order valence-corrected chi connectivity index (χ0v) is 12.7. The molecule has 112 valence electrons. The number of thiazole rings is 1. The quantitative estimate of drug-likeness (QED) is 0.715. The molecule has 2 aromatic rings. The lowest BCUT2D eigenvalue weighted by Crippen LogP contribution is -2.14. The lowest BCUT2D eigenvalue weighted by Gasteiger charge is -2.07. The first-order valence-electron chi connectivity index (χ1n) is 5.85. The summed E-state index contributed by atoms with van der Waals surface area (Å²) in [6.45, 7) is 1.63. The molecule has 1 heterocycles. The van der Waals surface area contributed by atoms with Crippen LogP contribution in [-0.2, 0) is 21.2 Å². The molecule has 0 saturated carbocycles. The van der Waals surface area contributed by atoms with E-state index in [2.05, 4.69) is 9.71 Å². The van der Waals surface area contributed by atoms with Crippen LogP contribution in [0.25, 0.3) is 0 Å². The van der Waals surface area contributed by atoms with Gasteiger partial charge in [-0.25, -0.2) is 13.4 Å². The van der Waals surface area contributed by atoms with Crippen LogP contribution in [0.3, 0.4) is 0 Å². The van der Waals surface area contributed by atoms with E-state index in [4.69, 9.17) is 10.8 Å². The Hall–Kier alpha value is -2.13. The number of anilines is 2. The first-order valence-corrected chi connectivity index (χ1v) is 8.15. The monoisotopic (exact) mass is 327 g/mol. The number of aromatic nitrogens is 1. The van der Waals surface area contributed by atoms with E-state index in [1.54, 1.807) is 19.1 Å². The number of carboxylic acid groups (broad SMARTS) is 1. The summed E-state index contributed by atoms with van der Waals surface area (Å²) in [5.74, 6) is -0.997. The van der Waals surface area contributed by atoms with Crippen LogP contribution < -0.4 is 10.5 Å². The highest BCUT2D eigenvalue weighted by Gasteiger charge is 2.20. The molecule has 9 heteroatoms. The molecule has 7 nitrogen and oxygen atoms in total. The Kier molecular flexibility index (Phi) is 4.14. The fourth-order valence-electron chi connectivity index (χ4n) is 1.67. The third-order valence-corrected chi connectivity index (χ3v) is 5.25. The van der Waals surface area contributed by atoms with E-state index in [0.717, 1.165) is 11.3 Å². The number of rotatable bonds is 5. The number of carboxylic acids is 1. The Morgan fingerprint density at radius 3 is 2.71 bits per heavy atom. The van der Waals surface area contributed by atoms with Gasteiger partial charge in [0.2, 0.25) is 0 Å². The fourth-order valence-corrected chi connectivity index (χ4v) is 3.99. The number of carbonyl (C=O) groups is 1. The molecule has 0 aliphatic rings. The summed E-state index contributed by atoms with van der Waals surface area (Å²) in [6, 6.07) is 6.06. The molecule has 0 amide bonds. The van der Waals surface area contributed by atoms with Gasteiger partial charge >= 0.3 is 5.97 Å². The minimum atomic E-state index is -3.85. The molecular weight excluding hydrogens is 314 g/mol. The van der Waals surface area contributed by atoms with Crippen molar-refractivity contribution in [1.82, 2.24) is 4.98 Å². The lowest BCUT2D eigenvalue weighted by atomic mass is 10.3. The predicted octanol–water partition coefficient (Wildman–Crippen LogP) is 1.46. The standard InChI is InChI=1S/C12H13N3O4S2/c1-7-9(6-11(16)17)20-12(14-7)15-21(18,19)10-5-3-2-4-8(10)13/h2-5H,6,13H2,1H3,(H,14,15)(H,16,17). The van der Waals surface area contributed by atoms with Crippen molar-refractivity contribution in [3.63, 3.8) is 0 Å². The Balaban J connectivity index is 2.29. The highest BCUT2D eigenvalue weighted by Crippen LogP contribution is 2.27. The van der Waals surface area contributed by atoms with Crippen LogP contribution in [0.15, 0.2) is 29.2 Å². The Bertz CT molecular complexity index is 784. The van der Waals surface area contributed by atoms with E-state index < -0.39 is 16.0 Å². The van der Waals surface area contributed by atoms with Gasteiger partial charge in [0.05, 0.1) is 17.8 Å². The summed E-state index contributed by atoms with van der Waals surface area (Å²) in [4.78, 5) is 15.2. The van der Waals surface area contributed by atoms with Gasteiger partial charge in [-0.15, -0.1) is 11.3 Å². The summed E-state index contributed by atoms with van der Waals surface area (Å²) < 4.78 is 26.8. The summed E-state index contributed by atoms with van der Waals surface area (Å²) in [5, 5.41) is 8.89. The topological polar surface area (TPSA) is 122 Å². The first-order chi connectivity index (χ1) is 9.79. The van der Waals surface area contributed by atoms with E-state index >= 15 is 0 Å². The molecular formula is C12H13N3O4S2. The van der Waals surface area contributed by atoms with Gasteiger partial charge < -0.3 is 10.8 Å². The van der Waals surface area contributed by atoms with Crippen molar-refractivity contribution in [2.45, 2.75) is 18.2 Å². The third kappa shape index (κ3) is 3.50. The number of hydrogen-bond acceptors (Lipinski definition) is 6. The maximum absolute atomic E-state index is 12.2. The molecule has 0 fully saturated rings.